The molecule has 0 heterocycles. The van der Waals surface area contributed by atoms with Crippen molar-refractivity contribution in [1.82, 2.24) is 0 Å². The van der Waals surface area contributed by atoms with Crippen LogP contribution in [0, 0.1) is 6.92 Å². The van der Waals surface area contributed by atoms with Gasteiger partial charge in [-0.15, -0.1) is 0 Å². The summed E-state index contributed by atoms with van der Waals surface area (Å²) in [6, 6.07) is 15.0. The highest BCUT2D eigenvalue weighted by atomic mass is 32.2. The van der Waals surface area contributed by atoms with E-state index >= 15 is 0 Å². The molecule has 2 aromatic rings. The predicted octanol–water partition coefficient (Wildman–Crippen LogP) is 3.27. The summed E-state index contributed by atoms with van der Waals surface area (Å²) in [5.74, 6) is 0. The molecule has 2 aromatic carbocycles. The zero-order valence-electron chi connectivity index (χ0n) is 12.2. The van der Waals surface area contributed by atoms with Gasteiger partial charge in [-0.05, 0) is 43.2 Å². The number of hydrogen-bond acceptors (Lipinski definition) is 3. The van der Waals surface area contributed by atoms with E-state index in [0.29, 0.717) is 5.56 Å². The van der Waals surface area contributed by atoms with Gasteiger partial charge in [0.05, 0.1) is 4.90 Å². The van der Waals surface area contributed by atoms with Crippen molar-refractivity contribution >= 4 is 15.8 Å². The lowest BCUT2D eigenvalue weighted by Gasteiger charge is -2.24. The molecular weight excluding hydrogens is 286 g/mol. The lowest BCUT2D eigenvalue weighted by Crippen LogP contribution is -2.22. The van der Waals surface area contributed by atoms with Crippen LogP contribution in [-0.2, 0) is 16.7 Å². The number of nitrogens with zero attached hydrogens (tertiary/aromatic N) is 1. The van der Waals surface area contributed by atoms with Gasteiger partial charge in [-0.2, -0.15) is 8.42 Å². The highest BCUT2D eigenvalue weighted by molar-refractivity contribution is 7.85. The van der Waals surface area contributed by atoms with E-state index in [1.165, 1.54) is 11.6 Å². The van der Waals surface area contributed by atoms with E-state index in [1.807, 2.05) is 18.2 Å². The summed E-state index contributed by atoms with van der Waals surface area (Å²) in [6.45, 7) is 5.29. The Kier molecular flexibility index (Phi) is 4.65. The highest BCUT2D eigenvalue weighted by Gasteiger charge is 2.14. The van der Waals surface area contributed by atoms with Gasteiger partial charge in [0.2, 0.25) is 0 Å². The van der Waals surface area contributed by atoms with Crippen LogP contribution in [0.1, 0.15) is 18.1 Å². The summed E-state index contributed by atoms with van der Waals surface area (Å²) in [5, 5.41) is 0. The number of aryl methyl sites for hydroxylation is 1. The SMILES string of the molecule is CCN(Cc1ccccc1)c1ccc(S(=O)(=O)O)c(C)c1. The van der Waals surface area contributed by atoms with Gasteiger partial charge in [0, 0.05) is 18.8 Å². The molecule has 0 atom stereocenters. The molecule has 0 amide bonds. The summed E-state index contributed by atoms with van der Waals surface area (Å²) >= 11 is 0. The number of benzene rings is 2. The topological polar surface area (TPSA) is 57.6 Å². The first-order valence-corrected chi connectivity index (χ1v) is 8.23. The van der Waals surface area contributed by atoms with Crippen molar-refractivity contribution in [3.63, 3.8) is 0 Å². The molecule has 0 bridgehead atoms. The van der Waals surface area contributed by atoms with Crippen LogP contribution in [0.5, 0.6) is 0 Å². The summed E-state index contributed by atoms with van der Waals surface area (Å²) in [7, 11) is -4.16. The van der Waals surface area contributed by atoms with Crippen LogP contribution in [0.25, 0.3) is 0 Å². The van der Waals surface area contributed by atoms with E-state index in [2.05, 4.69) is 24.0 Å². The lowest BCUT2D eigenvalue weighted by atomic mass is 10.1. The molecule has 21 heavy (non-hydrogen) atoms. The predicted molar refractivity (Wildman–Crippen MR) is 84.2 cm³/mol. The van der Waals surface area contributed by atoms with Gasteiger partial charge in [0.1, 0.15) is 0 Å². The van der Waals surface area contributed by atoms with Gasteiger partial charge >= 0.3 is 0 Å². The maximum Gasteiger partial charge on any atom is 0.294 e. The van der Waals surface area contributed by atoms with Crippen molar-refractivity contribution in [2.45, 2.75) is 25.3 Å². The van der Waals surface area contributed by atoms with Crippen LogP contribution in [0.4, 0.5) is 5.69 Å². The van der Waals surface area contributed by atoms with Crippen LogP contribution in [0.15, 0.2) is 53.4 Å². The fourth-order valence-corrected chi connectivity index (χ4v) is 3.01. The second-order valence-electron chi connectivity index (χ2n) is 4.92. The minimum absolute atomic E-state index is 0.0398. The first-order valence-electron chi connectivity index (χ1n) is 6.79. The fourth-order valence-electron chi connectivity index (χ4n) is 2.31. The van der Waals surface area contributed by atoms with E-state index in [4.69, 9.17) is 4.55 Å². The van der Waals surface area contributed by atoms with Crippen molar-refractivity contribution in [3.8, 4) is 0 Å². The first kappa shape index (κ1) is 15.5. The zero-order valence-corrected chi connectivity index (χ0v) is 13.0. The highest BCUT2D eigenvalue weighted by Crippen LogP contribution is 2.23. The second kappa shape index (κ2) is 6.28. The monoisotopic (exact) mass is 305 g/mol. The van der Waals surface area contributed by atoms with Gasteiger partial charge in [-0.25, -0.2) is 0 Å². The van der Waals surface area contributed by atoms with E-state index in [1.54, 1.807) is 19.1 Å². The first-order chi connectivity index (χ1) is 9.91. The minimum Gasteiger partial charge on any atom is -0.367 e. The van der Waals surface area contributed by atoms with Gasteiger partial charge in [0.25, 0.3) is 10.1 Å². The molecule has 0 spiro atoms. The molecule has 0 radical (unpaired) electrons. The number of anilines is 1. The Hall–Kier alpha value is -1.85. The lowest BCUT2D eigenvalue weighted by molar-refractivity contribution is 0.482. The van der Waals surface area contributed by atoms with E-state index < -0.39 is 10.1 Å². The molecule has 0 saturated carbocycles. The molecule has 0 aliphatic carbocycles. The molecule has 0 unspecified atom stereocenters. The molecule has 1 N–H and O–H groups in total. The molecule has 4 nitrogen and oxygen atoms in total. The number of rotatable bonds is 5. The molecule has 0 aliphatic heterocycles. The standard InChI is InChI=1S/C16H19NO3S/c1-3-17(12-14-7-5-4-6-8-14)15-9-10-16(13(2)11-15)21(18,19)20/h4-11H,3,12H2,1-2H3,(H,18,19,20). The van der Waals surface area contributed by atoms with Crippen LogP contribution in [0.3, 0.4) is 0 Å². The van der Waals surface area contributed by atoms with E-state index in [0.717, 1.165) is 18.8 Å². The Balaban J connectivity index is 2.29. The zero-order chi connectivity index (χ0) is 15.5. The maximum atomic E-state index is 11.2. The maximum absolute atomic E-state index is 11.2. The minimum atomic E-state index is -4.16. The summed E-state index contributed by atoms with van der Waals surface area (Å²) in [4.78, 5) is 2.11. The number of hydrogen-bond donors (Lipinski definition) is 1. The van der Waals surface area contributed by atoms with Gasteiger partial charge in [-0.1, -0.05) is 30.3 Å². The van der Waals surface area contributed by atoms with Crippen molar-refractivity contribution < 1.29 is 13.0 Å². The summed E-state index contributed by atoms with van der Waals surface area (Å²) < 4.78 is 31.6. The molecule has 112 valence electrons. The van der Waals surface area contributed by atoms with Crippen LogP contribution >= 0.6 is 0 Å². The van der Waals surface area contributed by atoms with E-state index in [9.17, 15) is 8.42 Å². The Bertz CT molecular complexity index is 712. The molecule has 0 fully saturated rings. The Labute approximate surface area is 125 Å². The molecule has 0 aliphatic rings. The summed E-state index contributed by atoms with van der Waals surface area (Å²) in [6.07, 6.45) is 0. The largest absolute Gasteiger partial charge is 0.367 e. The van der Waals surface area contributed by atoms with Crippen molar-refractivity contribution in [3.05, 3.63) is 59.7 Å². The average molecular weight is 305 g/mol. The van der Waals surface area contributed by atoms with Crippen molar-refractivity contribution in [2.24, 2.45) is 0 Å². The molecule has 2 rings (SSSR count). The quantitative estimate of drug-likeness (QED) is 0.861. The van der Waals surface area contributed by atoms with E-state index in [-0.39, 0.29) is 4.90 Å². The van der Waals surface area contributed by atoms with Crippen LogP contribution in [0.2, 0.25) is 0 Å². The third-order valence-electron chi connectivity index (χ3n) is 3.40. The smallest absolute Gasteiger partial charge is 0.294 e. The van der Waals surface area contributed by atoms with Gasteiger partial charge < -0.3 is 4.90 Å². The normalized spacial score (nSPS) is 11.4. The summed E-state index contributed by atoms with van der Waals surface area (Å²) in [5.41, 5.74) is 2.67. The molecule has 0 saturated heterocycles. The fraction of sp³-hybridized carbons (Fsp3) is 0.250. The Morgan fingerprint density at radius 2 is 1.76 bits per heavy atom. The third-order valence-corrected chi connectivity index (χ3v) is 4.41. The van der Waals surface area contributed by atoms with Crippen LogP contribution in [-0.4, -0.2) is 19.5 Å². The van der Waals surface area contributed by atoms with Crippen molar-refractivity contribution in [2.75, 3.05) is 11.4 Å². The molecule has 0 aromatic heterocycles. The van der Waals surface area contributed by atoms with Crippen LogP contribution < -0.4 is 4.90 Å². The van der Waals surface area contributed by atoms with Gasteiger partial charge in [0.15, 0.2) is 0 Å². The molecule has 5 heteroatoms. The van der Waals surface area contributed by atoms with Gasteiger partial charge in [-0.3, -0.25) is 4.55 Å². The Morgan fingerprint density at radius 3 is 2.29 bits per heavy atom. The average Bonchev–Trinajstić information content (AvgIpc) is 2.44. The third kappa shape index (κ3) is 3.83. The Morgan fingerprint density at radius 1 is 1.10 bits per heavy atom. The second-order valence-corrected chi connectivity index (χ2v) is 6.31. The van der Waals surface area contributed by atoms with Crippen molar-refractivity contribution in [1.29, 1.82) is 0 Å². The molecular formula is C16H19NO3S.